The Hall–Kier alpha value is -4.19. The lowest BCUT2D eigenvalue weighted by atomic mass is 9.95. The van der Waals surface area contributed by atoms with Crippen LogP contribution in [0, 0.1) is 0 Å². The van der Waals surface area contributed by atoms with Crippen molar-refractivity contribution in [3.63, 3.8) is 0 Å². The Balaban J connectivity index is 1.39. The number of hydrogen-bond donors (Lipinski definition) is 0. The highest BCUT2D eigenvalue weighted by Gasteiger charge is 2.33. The van der Waals surface area contributed by atoms with Crippen molar-refractivity contribution in [1.82, 2.24) is 0 Å². The Morgan fingerprint density at radius 2 is 1.67 bits per heavy atom. The van der Waals surface area contributed by atoms with E-state index in [0.29, 0.717) is 35.2 Å². The van der Waals surface area contributed by atoms with Gasteiger partial charge in [0.15, 0.2) is 29.1 Å². The second-order valence-electron chi connectivity index (χ2n) is 7.96. The monoisotopic (exact) mass is 440 g/mol. The van der Waals surface area contributed by atoms with Crippen LogP contribution in [-0.2, 0) is 11.3 Å². The van der Waals surface area contributed by atoms with Crippen LogP contribution in [0.2, 0.25) is 0 Å². The van der Waals surface area contributed by atoms with Crippen molar-refractivity contribution in [1.29, 1.82) is 0 Å². The number of rotatable bonds is 5. The molecule has 0 aliphatic carbocycles. The van der Waals surface area contributed by atoms with Crippen LogP contribution in [0.1, 0.15) is 33.2 Å². The zero-order valence-electron chi connectivity index (χ0n) is 17.9. The first-order chi connectivity index (χ1) is 16.2. The molecule has 6 rings (SSSR count). The van der Waals surface area contributed by atoms with Crippen LogP contribution in [0.5, 0.6) is 23.0 Å². The lowest BCUT2D eigenvalue weighted by Crippen LogP contribution is -2.00. The van der Waals surface area contributed by atoms with E-state index in [1.165, 1.54) is 0 Å². The summed E-state index contributed by atoms with van der Waals surface area (Å²) in [6.45, 7) is 0.618. The fraction of sp³-hybridized carbons (Fsp3) is 0.148. The molecule has 2 aliphatic heterocycles. The zero-order valence-corrected chi connectivity index (χ0v) is 17.9. The first kappa shape index (κ1) is 19.5. The van der Waals surface area contributed by atoms with E-state index >= 15 is 0 Å². The molecule has 164 valence electrons. The van der Waals surface area contributed by atoms with Crippen LogP contribution >= 0.6 is 0 Å². The second kappa shape index (κ2) is 7.74. The maximum atomic E-state index is 12.7. The number of carbonyl (C=O) groups is 1. The van der Waals surface area contributed by atoms with Gasteiger partial charge in [-0.1, -0.05) is 36.4 Å². The molecule has 0 saturated heterocycles. The molecule has 0 N–H and O–H groups in total. The van der Waals surface area contributed by atoms with Crippen molar-refractivity contribution in [2.45, 2.75) is 12.7 Å². The molecule has 1 unspecified atom stereocenters. The van der Waals surface area contributed by atoms with E-state index in [2.05, 4.69) is 0 Å². The molecule has 2 heterocycles. The van der Waals surface area contributed by atoms with Gasteiger partial charge < -0.3 is 23.7 Å². The smallest absolute Gasteiger partial charge is 0.339 e. The second-order valence-corrected chi connectivity index (χ2v) is 7.96. The number of hydrogen-bond acceptors (Lipinski definition) is 6. The van der Waals surface area contributed by atoms with E-state index in [-0.39, 0.29) is 12.8 Å². The van der Waals surface area contributed by atoms with Crippen molar-refractivity contribution >= 4 is 16.7 Å². The molecule has 1 atom stereocenters. The Bertz CT molecular complexity index is 1380. The molecule has 0 fully saturated rings. The molecule has 0 saturated carbocycles. The van der Waals surface area contributed by atoms with Gasteiger partial charge in [-0.25, -0.2) is 4.79 Å². The molecule has 6 heteroatoms. The lowest BCUT2D eigenvalue weighted by Gasteiger charge is -2.14. The highest BCUT2D eigenvalue weighted by atomic mass is 16.7. The van der Waals surface area contributed by atoms with Crippen molar-refractivity contribution in [3.05, 3.63) is 95.1 Å². The van der Waals surface area contributed by atoms with Crippen LogP contribution in [0.3, 0.4) is 0 Å². The van der Waals surface area contributed by atoms with E-state index < -0.39 is 6.10 Å². The van der Waals surface area contributed by atoms with E-state index in [1.807, 2.05) is 72.8 Å². The van der Waals surface area contributed by atoms with Gasteiger partial charge in [0.2, 0.25) is 6.79 Å². The number of carbonyl (C=O) groups excluding carboxylic acids is 1. The van der Waals surface area contributed by atoms with Gasteiger partial charge in [0.05, 0.1) is 12.7 Å². The molecule has 2 aliphatic rings. The first-order valence-electron chi connectivity index (χ1n) is 10.6. The summed E-state index contributed by atoms with van der Waals surface area (Å²) in [4.78, 5) is 12.7. The number of cyclic esters (lactones) is 1. The quantitative estimate of drug-likeness (QED) is 0.387. The third kappa shape index (κ3) is 3.40. The van der Waals surface area contributed by atoms with Crippen LogP contribution in [0.4, 0.5) is 0 Å². The SMILES string of the molecule is COc1cc2cc3c(cc2cc1OCc1ccccc1)C(c1ccc2c(c1)OCO2)OC3=O. The summed E-state index contributed by atoms with van der Waals surface area (Å²) in [5.74, 6) is 2.24. The predicted octanol–water partition coefficient (Wildman–Crippen LogP) is 5.42. The Morgan fingerprint density at radius 1 is 0.879 bits per heavy atom. The maximum absolute atomic E-state index is 12.7. The largest absolute Gasteiger partial charge is 0.493 e. The number of methoxy groups -OCH3 is 1. The summed E-state index contributed by atoms with van der Waals surface area (Å²) in [6, 6.07) is 23.2. The summed E-state index contributed by atoms with van der Waals surface area (Å²) in [7, 11) is 1.61. The standard InChI is InChI=1S/C27H20O6/c1-29-23-12-19-10-21-20(9-18(19)13-25(23)30-14-16-5-3-2-4-6-16)26(33-27(21)28)17-7-8-22-24(11-17)32-15-31-22/h2-13,26H,14-15H2,1H3. The van der Waals surface area contributed by atoms with E-state index in [4.69, 9.17) is 23.7 Å². The van der Waals surface area contributed by atoms with Crippen molar-refractivity contribution in [2.75, 3.05) is 13.9 Å². The minimum absolute atomic E-state index is 0.193. The third-order valence-electron chi connectivity index (χ3n) is 5.95. The molecule has 0 radical (unpaired) electrons. The van der Waals surface area contributed by atoms with Crippen molar-refractivity contribution < 1.29 is 28.5 Å². The summed E-state index contributed by atoms with van der Waals surface area (Å²) < 4.78 is 28.3. The molecular formula is C27H20O6. The number of benzene rings is 4. The topological polar surface area (TPSA) is 63.2 Å². The molecule has 0 bridgehead atoms. The van der Waals surface area contributed by atoms with Gasteiger partial charge in [-0.3, -0.25) is 0 Å². The maximum Gasteiger partial charge on any atom is 0.339 e. The van der Waals surface area contributed by atoms with E-state index in [1.54, 1.807) is 7.11 Å². The van der Waals surface area contributed by atoms with Gasteiger partial charge in [0.25, 0.3) is 0 Å². The summed E-state index contributed by atoms with van der Waals surface area (Å²) in [5, 5.41) is 1.81. The Labute approximate surface area is 190 Å². The minimum atomic E-state index is -0.512. The zero-order chi connectivity index (χ0) is 22.4. The fourth-order valence-electron chi connectivity index (χ4n) is 4.28. The number of fused-ring (bicyclic) bond motifs is 3. The normalized spacial score (nSPS) is 15.9. The van der Waals surface area contributed by atoms with E-state index in [0.717, 1.165) is 27.5 Å². The van der Waals surface area contributed by atoms with Gasteiger partial charge >= 0.3 is 5.97 Å². The van der Waals surface area contributed by atoms with Crippen molar-refractivity contribution in [3.8, 4) is 23.0 Å². The Morgan fingerprint density at radius 3 is 2.52 bits per heavy atom. The molecule has 0 aromatic heterocycles. The third-order valence-corrected chi connectivity index (χ3v) is 5.95. The number of esters is 1. The average Bonchev–Trinajstić information content (AvgIpc) is 3.45. The molecular weight excluding hydrogens is 420 g/mol. The summed E-state index contributed by atoms with van der Waals surface area (Å²) in [6.07, 6.45) is -0.512. The van der Waals surface area contributed by atoms with Crippen LogP contribution in [0.25, 0.3) is 10.8 Å². The minimum Gasteiger partial charge on any atom is -0.493 e. The Kier molecular flexibility index (Phi) is 4.57. The van der Waals surface area contributed by atoms with E-state index in [9.17, 15) is 4.79 Å². The van der Waals surface area contributed by atoms with Crippen LogP contribution < -0.4 is 18.9 Å². The van der Waals surface area contributed by atoms with Gasteiger partial charge in [-0.15, -0.1) is 0 Å². The van der Waals surface area contributed by atoms with Crippen LogP contribution in [-0.4, -0.2) is 19.9 Å². The number of ether oxygens (including phenoxy) is 5. The first-order valence-corrected chi connectivity index (χ1v) is 10.6. The van der Waals surface area contributed by atoms with Gasteiger partial charge in [-0.05, 0) is 52.7 Å². The highest BCUT2D eigenvalue weighted by molar-refractivity contribution is 6.00. The molecule has 6 nitrogen and oxygen atoms in total. The average molecular weight is 440 g/mol. The molecule has 4 aromatic carbocycles. The van der Waals surface area contributed by atoms with Crippen molar-refractivity contribution in [2.24, 2.45) is 0 Å². The van der Waals surface area contributed by atoms with Crippen LogP contribution in [0.15, 0.2) is 72.8 Å². The predicted molar refractivity (Wildman–Crippen MR) is 121 cm³/mol. The van der Waals surface area contributed by atoms with Gasteiger partial charge in [0, 0.05) is 11.1 Å². The van der Waals surface area contributed by atoms with Gasteiger partial charge in [-0.2, -0.15) is 0 Å². The molecule has 4 aromatic rings. The van der Waals surface area contributed by atoms with Gasteiger partial charge in [0.1, 0.15) is 6.61 Å². The fourth-order valence-corrected chi connectivity index (χ4v) is 4.28. The highest BCUT2D eigenvalue weighted by Crippen LogP contribution is 2.43. The lowest BCUT2D eigenvalue weighted by molar-refractivity contribution is 0.0455. The molecule has 0 amide bonds. The molecule has 33 heavy (non-hydrogen) atoms. The summed E-state index contributed by atoms with van der Waals surface area (Å²) in [5.41, 5.74) is 3.26. The summed E-state index contributed by atoms with van der Waals surface area (Å²) >= 11 is 0. The molecule has 0 spiro atoms.